The molecule has 0 saturated heterocycles. The van der Waals surface area contributed by atoms with Crippen LogP contribution < -0.4 is 36.3 Å². The average Bonchev–Trinajstić information content (AvgIpc) is 2.20. The van der Waals surface area contributed by atoms with E-state index in [9.17, 15) is 9.59 Å². The normalized spacial score (nSPS) is 8.88. The SMILES string of the molecule is [Cl-].[Cl-].[NH3+]CCOC(=O)/C=C/C(=O)OCC[NH3+]. The van der Waals surface area contributed by atoms with Crippen molar-refractivity contribution < 1.29 is 55.3 Å². The topological polar surface area (TPSA) is 108 Å². The summed E-state index contributed by atoms with van der Waals surface area (Å²) in [5, 5.41) is 0. The second-order valence-corrected chi connectivity index (χ2v) is 2.38. The first-order valence-corrected chi connectivity index (χ1v) is 4.30. The van der Waals surface area contributed by atoms with Gasteiger partial charge in [-0.15, -0.1) is 0 Å². The van der Waals surface area contributed by atoms with Crippen LogP contribution in [0.1, 0.15) is 0 Å². The molecule has 0 aliphatic rings. The summed E-state index contributed by atoms with van der Waals surface area (Å²) in [6.45, 7) is 1.51. The third kappa shape index (κ3) is 13.2. The molecule has 8 heteroatoms. The van der Waals surface area contributed by atoms with Crippen molar-refractivity contribution in [2.45, 2.75) is 0 Å². The Hall–Kier alpha value is -0.820. The number of esters is 2. The first-order valence-electron chi connectivity index (χ1n) is 4.30. The van der Waals surface area contributed by atoms with Crippen molar-refractivity contribution in [2.75, 3.05) is 26.3 Å². The molecule has 0 radical (unpaired) electrons. The maximum Gasteiger partial charge on any atom is 0.331 e. The van der Waals surface area contributed by atoms with Crippen LogP contribution in [0.5, 0.6) is 0 Å². The highest BCUT2D eigenvalue weighted by atomic mass is 35.5. The molecule has 0 aromatic rings. The molecule has 0 aromatic carbocycles. The fourth-order valence-electron chi connectivity index (χ4n) is 0.578. The minimum absolute atomic E-state index is 0. The van der Waals surface area contributed by atoms with E-state index < -0.39 is 11.9 Å². The van der Waals surface area contributed by atoms with Gasteiger partial charge < -0.3 is 45.8 Å². The fraction of sp³-hybridized carbons (Fsp3) is 0.500. The van der Waals surface area contributed by atoms with Crippen molar-refractivity contribution in [1.29, 1.82) is 0 Å². The molecule has 0 rings (SSSR count). The summed E-state index contributed by atoms with van der Waals surface area (Å²) >= 11 is 0. The number of quaternary nitrogens is 2. The van der Waals surface area contributed by atoms with E-state index in [0.29, 0.717) is 13.1 Å². The van der Waals surface area contributed by atoms with E-state index >= 15 is 0 Å². The predicted molar refractivity (Wildman–Crippen MR) is 46.6 cm³/mol. The fourth-order valence-corrected chi connectivity index (χ4v) is 0.578. The Labute approximate surface area is 106 Å². The first kappa shape index (κ1) is 20.6. The van der Waals surface area contributed by atoms with E-state index in [1.54, 1.807) is 0 Å². The van der Waals surface area contributed by atoms with E-state index in [0.717, 1.165) is 12.2 Å². The van der Waals surface area contributed by atoms with Gasteiger partial charge in [0.05, 0.1) is 0 Å². The summed E-state index contributed by atoms with van der Waals surface area (Å²) in [5.41, 5.74) is 6.99. The molecule has 0 fully saturated rings. The standard InChI is InChI=1S/C8H14N2O4.2ClH/c9-3-5-13-7(11)1-2-8(12)14-6-4-10;;/h1-2H,3-6,9-10H2;2*1H/b2-1+;;. The molecule has 0 aromatic heterocycles. The molecule has 0 heterocycles. The van der Waals surface area contributed by atoms with Gasteiger partial charge in [0.15, 0.2) is 0 Å². The summed E-state index contributed by atoms with van der Waals surface area (Å²) in [7, 11) is 0. The predicted octanol–water partition coefficient (Wildman–Crippen LogP) is -8.88. The van der Waals surface area contributed by atoms with Gasteiger partial charge in [-0.25, -0.2) is 9.59 Å². The van der Waals surface area contributed by atoms with Gasteiger partial charge in [0, 0.05) is 12.2 Å². The van der Waals surface area contributed by atoms with Crippen LogP contribution in [0.3, 0.4) is 0 Å². The molecule has 0 aliphatic carbocycles. The second-order valence-electron chi connectivity index (χ2n) is 2.38. The van der Waals surface area contributed by atoms with E-state index in [4.69, 9.17) is 0 Å². The van der Waals surface area contributed by atoms with Gasteiger partial charge in [0.1, 0.15) is 26.3 Å². The Morgan fingerprint density at radius 2 is 1.19 bits per heavy atom. The van der Waals surface area contributed by atoms with E-state index in [-0.39, 0.29) is 38.0 Å². The largest absolute Gasteiger partial charge is 1.00 e. The lowest BCUT2D eigenvalue weighted by atomic mass is 10.5. The molecule has 16 heavy (non-hydrogen) atoms. The van der Waals surface area contributed by atoms with Crippen molar-refractivity contribution in [3.05, 3.63) is 12.2 Å². The van der Waals surface area contributed by atoms with Crippen LogP contribution in [0.2, 0.25) is 0 Å². The lowest BCUT2D eigenvalue weighted by Crippen LogP contribution is -3.00. The van der Waals surface area contributed by atoms with Crippen molar-refractivity contribution in [2.24, 2.45) is 0 Å². The lowest BCUT2D eigenvalue weighted by molar-refractivity contribution is -0.372. The molecule has 0 unspecified atom stereocenters. The summed E-state index contributed by atoms with van der Waals surface area (Å²) < 4.78 is 9.28. The zero-order valence-electron chi connectivity index (χ0n) is 8.79. The highest BCUT2D eigenvalue weighted by molar-refractivity contribution is 5.91. The molecule has 0 saturated carbocycles. The van der Waals surface area contributed by atoms with Crippen LogP contribution in [0, 0.1) is 0 Å². The minimum atomic E-state index is -0.569. The molecule has 0 spiro atoms. The highest BCUT2D eigenvalue weighted by Crippen LogP contribution is 1.84. The number of halogens is 2. The molecule has 6 N–H and O–H groups in total. The summed E-state index contributed by atoms with van der Waals surface area (Å²) in [5.74, 6) is -1.14. The van der Waals surface area contributed by atoms with Crippen LogP contribution in [-0.4, -0.2) is 38.2 Å². The van der Waals surface area contributed by atoms with Gasteiger partial charge in [0.2, 0.25) is 0 Å². The van der Waals surface area contributed by atoms with Gasteiger partial charge in [-0.2, -0.15) is 0 Å². The zero-order valence-corrected chi connectivity index (χ0v) is 10.3. The average molecular weight is 275 g/mol. The zero-order chi connectivity index (χ0) is 10.8. The molecule has 6 nitrogen and oxygen atoms in total. The van der Waals surface area contributed by atoms with Gasteiger partial charge in [-0.05, 0) is 0 Å². The summed E-state index contributed by atoms with van der Waals surface area (Å²) in [4.78, 5) is 21.6. The number of rotatable bonds is 6. The quantitative estimate of drug-likeness (QED) is 0.370. The monoisotopic (exact) mass is 274 g/mol. The summed E-state index contributed by atoms with van der Waals surface area (Å²) in [6, 6.07) is 0. The lowest BCUT2D eigenvalue weighted by Gasteiger charge is -1.97. The van der Waals surface area contributed by atoms with Crippen LogP contribution in [-0.2, 0) is 19.1 Å². The van der Waals surface area contributed by atoms with Gasteiger partial charge in [0.25, 0.3) is 0 Å². The van der Waals surface area contributed by atoms with Crippen molar-refractivity contribution >= 4 is 11.9 Å². The van der Waals surface area contributed by atoms with E-state index in [2.05, 4.69) is 20.9 Å². The van der Waals surface area contributed by atoms with Crippen LogP contribution in [0.25, 0.3) is 0 Å². The maximum absolute atomic E-state index is 10.8. The third-order valence-electron chi connectivity index (χ3n) is 1.13. The van der Waals surface area contributed by atoms with Crippen LogP contribution >= 0.6 is 0 Å². The molecule has 0 bridgehead atoms. The Morgan fingerprint density at radius 3 is 1.44 bits per heavy atom. The van der Waals surface area contributed by atoms with Gasteiger partial charge in [-0.1, -0.05) is 0 Å². The third-order valence-corrected chi connectivity index (χ3v) is 1.13. The van der Waals surface area contributed by atoms with Crippen molar-refractivity contribution in [3.8, 4) is 0 Å². The Kier molecular flexibility index (Phi) is 18.2. The molecular weight excluding hydrogens is 259 g/mol. The summed E-state index contributed by atoms with van der Waals surface area (Å²) in [6.07, 6.45) is 2.06. The first-order chi connectivity index (χ1) is 6.70. The molecule has 0 aliphatic heterocycles. The minimum Gasteiger partial charge on any atom is -1.00 e. The number of carbonyl (C=O) groups excluding carboxylic acids is 2. The van der Waals surface area contributed by atoms with E-state index in [1.807, 2.05) is 0 Å². The Morgan fingerprint density at radius 1 is 0.875 bits per heavy atom. The van der Waals surface area contributed by atoms with E-state index in [1.165, 1.54) is 0 Å². The second kappa shape index (κ2) is 14.2. The van der Waals surface area contributed by atoms with Gasteiger partial charge >= 0.3 is 11.9 Å². The Balaban J connectivity index is -0.000000845. The van der Waals surface area contributed by atoms with Crippen molar-refractivity contribution in [3.63, 3.8) is 0 Å². The number of carbonyl (C=O) groups is 2. The molecule has 96 valence electrons. The molecular formula is C8H16Cl2N2O4. The smallest absolute Gasteiger partial charge is 0.331 e. The maximum atomic E-state index is 10.8. The molecule has 0 amide bonds. The number of hydrogen-bond donors (Lipinski definition) is 2. The van der Waals surface area contributed by atoms with Crippen molar-refractivity contribution in [1.82, 2.24) is 0 Å². The van der Waals surface area contributed by atoms with Gasteiger partial charge in [-0.3, -0.25) is 0 Å². The highest BCUT2D eigenvalue weighted by Gasteiger charge is 2.00. The van der Waals surface area contributed by atoms with Crippen LogP contribution in [0.15, 0.2) is 12.2 Å². The van der Waals surface area contributed by atoms with Crippen LogP contribution in [0.4, 0.5) is 0 Å². The molecule has 0 atom stereocenters. The number of ether oxygens (including phenoxy) is 2. The Bertz CT molecular complexity index is 202. The number of hydrogen-bond acceptors (Lipinski definition) is 4.